The molecule has 1 aromatic rings. The Labute approximate surface area is 110 Å². The molecular formula is C16H22O2. The molecule has 1 heterocycles. The topological polar surface area (TPSA) is 18.5 Å². The predicted molar refractivity (Wildman–Crippen MR) is 74.2 cm³/mol. The van der Waals surface area contributed by atoms with Gasteiger partial charge in [0.25, 0.3) is 0 Å². The van der Waals surface area contributed by atoms with E-state index in [-0.39, 0.29) is 12.2 Å². The van der Waals surface area contributed by atoms with Gasteiger partial charge in [-0.25, -0.2) is 0 Å². The second-order valence-corrected chi connectivity index (χ2v) is 4.91. The van der Waals surface area contributed by atoms with Crippen LogP contribution < -0.4 is 0 Å². The normalized spacial score (nSPS) is 22.6. The number of benzene rings is 1. The zero-order valence-corrected chi connectivity index (χ0v) is 11.3. The lowest BCUT2D eigenvalue weighted by molar-refractivity contribution is -0.0589. The smallest absolute Gasteiger partial charge is 0.121 e. The van der Waals surface area contributed by atoms with Gasteiger partial charge in [0.1, 0.15) is 6.10 Å². The number of hydrogen-bond donors (Lipinski definition) is 0. The molecule has 2 unspecified atom stereocenters. The Morgan fingerprint density at radius 2 is 2.11 bits per heavy atom. The van der Waals surface area contributed by atoms with Crippen molar-refractivity contribution < 1.29 is 9.47 Å². The van der Waals surface area contributed by atoms with Crippen molar-refractivity contribution in [1.29, 1.82) is 0 Å². The molecule has 18 heavy (non-hydrogen) atoms. The zero-order valence-electron chi connectivity index (χ0n) is 11.3. The summed E-state index contributed by atoms with van der Waals surface area (Å²) in [4.78, 5) is 0. The second kappa shape index (κ2) is 6.60. The van der Waals surface area contributed by atoms with Gasteiger partial charge in [0.15, 0.2) is 0 Å². The maximum atomic E-state index is 5.81. The van der Waals surface area contributed by atoms with Gasteiger partial charge in [0.05, 0.1) is 12.4 Å². The molecule has 0 N–H and O–H groups in total. The Balaban J connectivity index is 1.89. The average molecular weight is 246 g/mol. The van der Waals surface area contributed by atoms with Crippen LogP contribution in [0.1, 0.15) is 38.7 Å². The van der Waals surface area contributed by atoms with E-state index in [1.165, 1.54) is 18.4 Å². The molecule has 1 fully saturated rings. The third-order valence-corrected chi connectivity index (χ3v) is 3.43. The van der Waals surface area contributed by atoms with Gasteiger partial charge in [-0.3, -0.25) is 0 Å². The fraction of sp³-hybridized carbons (Fsp3) is 0.500. The van der Waals surface area contributed by atoms with Crippen molar-refractivity contribution >= 4 is 5.57 Å². The average Bonchev–Trinajstić information content (AvgIpc) is 2.46. The van der Waals surface area contributed by atoms with E-state index in [2.05, 4.69) is 26.0 Å². The molecule has 0 radical (unpaired) electrons. The Hall–Kier alpha value is -1.28. The third-order valence-electron chi connectivity index (χ3n) is 3.43. The van der Waals surface area contributed by atoms with Gasteiger partial charge in [0.2, 0.25) is 0 Å². The van der Waals surface area contributed by atoms with Gasteiger partial charge in [0, 0.05) is 6.61 Å². The van der Waals surface area contributed by atoms with E-state index < -0.39 is 0 Å². The van der Waals surface area contributed by atoms with E-state index in [1.54, 1.807) is 0 Å². The van der Waals surface area contributed by atoms with E-state index >= 15 is 0 Å². The van der Waals surface area contributed by atoms with Crippen LogP contribution in [0.4, 0.5) is 0 Å². The van der Waals surface area contributed by atoms with Crippen molar-refractivity contribution in [3.63, 3.8) is 0 Å². The van der Waals surface area contributed by atoms with E-state index in [4.69, 9.17) is 9.47 Å². The minimum atomic E-state index is 0.129. The van der Waals surface area contributed by atoms with Gasteiger partial charge in [-0.2, -0.15) is 0 Å². The van der Waals surface area contributed by atoms with Crippen LogP contribution in [0.5, 0.6) is 0 Å². The van der Waals surface area contributed by atoms with Crippen molar-refractivity contribution in [2.24, 2.45) is 0 Å². The van der Waals surface area contributed by atoms with Crippen molar-refractivity contribution in [3.05, 3.63) is 42.2 Å². The summed E-state index contributed by atoms with van der Waals surface area (Å²) in [6, 6.07) is 10.3. The van der Waals surface area contributed by atoms with Crippen molar-refractivity contribution in [3.8, 4) is 0 Å². The Morgan fingerprint density at radius 1 is 1.33 bits per heavy atom. The SMILES string of the molecule is C/C(=C/OC(C)C1CCCCO1)c1ccccc1. The van der Waals surface area contributed by atoms with E-state index in [0.29, 0.717) is 0 Å². The Morgan fingerprint density at radius 3 is 2.78 bits per heavy atom. The largest absolute Gasteiger partial charge is 0.495 e. The van der Waals surface area contributed by atoms with Crippen molar-refractivity contribution in [2.45, 2.75) is 45.3 Å². The van der Waals surface area contributed by atoms with Gasteiger partial charge >= 0.3 is 0 Å². The fourth-order valence-electron chi connectivity index (χ4n) is 2.20. The molecule has 1 saturated heterocycles. The monoisotopic (exact) mass is 246 g/mol. The third kappa shape index (κ3) is 3.61. The molecular weight excluding hydrogens is 224 g/mol. The van der Waals surface area contributed by atoms with Crippen LogP contribution in [-0.2, 0) is 9.47 Å². The Kier molecular flexibility index (Phi) is 4.82. The molecule has 2 rings (SSSR count). The summed E-state index contributed by atoms with van der Waals surface area (Å²) in [5.74, 6) is 0. The highest BCUT2D eigenvalue weighted by atomic mass is 16.5. The minimum absolute atomic E-state index is 0.129. The van der Waals surface area contributed by atoms with Gasteiger partial charge in [-0.05, 0) is 44.2 Å². The lowest BCUT2D eigenvalue weighted by Gasteiger charge is -2.27. The highest BCUT2D eigenvalue weighted by molar-refractivity contribution is 5.62. The number of allylic oxidation sites excluding steroid dienone is 1. The van der Waals surface area contributed by atoms with Crippen LogP contribution >= 0.6 is 0 Å². The number of rotatable bonds is 4. The summed E-state index contributed by atoms with van der Waals surface area (Å²) >= 11 is 0. The first kappa shape index (κ1) is 13.2. The van der Waals surface area contributed by atoms with E-state index in [0.717, 1.165) is 18.6 Å². The molecule has 0 aromatic heterocycles. The molecule has 98 valence electrons. The van der Waals surface area contributed by atoms with Gasteiger partial charge < -0.3 is 9.47 Å². The quantitative estimate of drug-likeness (QED) is 0.747. The van der Waals surface area contributed by atoms with Crippen LogP contribution in [0, 0.1) is 0 Å². The molecule has 0 bridgehead atoms. The first-order chi connectivity index (χ1) is 8.77. The van der Waals surface area contributed by atoms with Crippen molar-refractivity contribution in [2.75, 3.05) is 6.61 Å². The zero-order chi connectivity index (χ0) is 12.8. The first-order valence-electron chi connectivity index (χ1n) is 6.76. The molecule has 1 aromatic carbocycles. The summed E-state index contributed by atoms with van der Waals surface area (Å²) in [5, 5.41) is 0. The summed E-state index contributed by atoms with van der Waals surface area (Å²) in [7, 11) is 0. The molecule has 2 heteroatoms. The van der Waals surface area contributed by atoms with Gasteiger partial charge in [-0.15, -0.1) is 0 Å². The molecule has 1 aliphatic rings. The standard InChI is InChI=1S/C16H22O2/c1-13(15-8-4-3-5-9-15)12-18-14(2)16-10-6-7-11-17-16/h3-5,8-9,12,14,16H,6-7,10-11H2,1-2H3/b13-12-. The molecule has 2 atom stereocenters. The molecule has 0 amide bonds. The number of ether oxygens (including phenoxy) is 2. The summed E-state index contributed by atoms with van der Waals surface area (Å²) < 4.78 is 11.5. The van der Waals surface area contributed by atoms with Crippen LogP contribution in [0.3, 0.4) is 0 Å². The molecule has 0 saturated carbocycles. The molecule has 2 nitrogen and oxygen atoms in total. The van der Waals surface area contributed by atoms with Crippen LogP contribution in [0.2, 0.25) is 0 Å². The van der Waals surface area contributed by atoms with Crippen molar-refractivity contribution in [1.82, 2.24) is 0 Å². The maximum Gasteiger partial charge on any atom is 0.121 e. The molecule has 0 aliphatic carbocycles. The minimum Gasteiger partial charge on any atom is -0.495 e. The number of hydrogen-bond acceptors (Lipinski definition) is 2. The Bertz CT molecular complexity index is 377. The van der Waals surface area contributed by atoms with Crippen LogP contribution in [-0.4, -0.2) is 18.8 Å². The molecule has 0 spiro atoms. The maximum absolute atomic E-state index is 5.81. The summed E-state index contributed by atoms with van der Waals surface area (Å²) in [6.45, 7) is 5.04. The summed E-state index contributed by atoms with van der Waals surface area (Å²) in [6.07, 6.45) is 5.78. The second-order valence-electron chi connectivity index (χ2n) is 4.91. The highest BCUT2D eigenvalue weighted by Gasteiger charge is 2.21. The van der Waals surface area contributed by atoms with E-state index in [9.17, 15) is 0 Å². The molecule has 1 aliphatic heterocycles. The predicted octanol–water partition coefficient (Wildman–Crippen LogP) is 4.02. The first-order valence-corrected chi connectivity index (χ1v) is 6.76. The van der Waals surface area contributed by atoms with Gasteiger partial charge in [-0.1, -0.05) is 30.3 Å². The lowest BCUT2D eigenvalue weighted by Crippen LogP contribution is -2.31. The fourth-order valence-corrected chi connectivity index (χ4v) is 2.20. The van der Waals surface area contributed by atoms with E-state index in [1.807, 2.05) is 24.5 Å². The highest BCUT2D eigenvalue weighted by Crippen LogP contribution is 2.19. The summed E-state index contributed by atoms with van der Waals surface area (Å²) in [5.41, 5.74) is 2.35. The van der Waals surface area contributed by atoms with Crippen LogP contribution in [0.15, 0.2) is 36.6 Å². The van der Waals surface area contributed by atoms with Crippen LogP contribution in [0.25, 0.3) is 5.57 Å². The lowest BCUT2D eigenvalue weighted by atomic mass is 10.1.